The molecule has 2 saturated carbocycles. The molecule has 0 radical (unpaired) electrons. The molecule has 2 unspecified atom stereocenters. The summed E-state index contributed by atoms with van der Waals surface area (Å²) >= 11 is 0. The fourth-order valence-electron chi connectivity index (χ4n) is 6.49. The molecule has 2 aliphatic carbocycles. The lowest BCUT2D eigenvalue weighted by Gasteiger charge is -2.60. The van der Waals surface area contributed by atoms with Gasteiger partial charge in [0, 0.05) is 34.9 Å². The highest BCUT2D eigenvalue weighted by Crippen LogP contribution is 2.51. The third-order valence-corrected chi connectivity index (χ3v) is 7.60. The van der Waals surface area contributed by atoms with E-state index in [1.807, 2.05) is 12.3 Å². The normalized spacial score (nSPS) is 27.9. The minimum Gasteiger partial charge on any atom is -0.489 e. The molecule has 5 heterocycles. The molecule has 0 amide bonds. The van der Waals surface area contributed by atoms with E-state index in [4.69, 9.17) is 15.5 Å². The second kappa shape index (κ2) is 7.42. The minimum atomic E-state index is -0.963. The second-order valence-corrected chi connectivity index (χ2v) is 11.1. The van der Waals surface area contributed by atoms with E-state index in [0.29, 0.717) is 28.9 Å². The smallest absolute Gasteiger partial charge is 0.138 e. The summed E-state index contributed by atoms with van der Waals surface area (Å²) in [7, 11) is 0. The van der Waals surface area contributed by atoms with E-state index >= 15 is 0 Å². The summed E-state index contributed by atoms with van der Waals surface area (Å²) in [5, 5.41) is 24.0. The van der Waals surface area contributed by atoms with Gasteiger partial charge < -0.3 is 20.5 Å². The van der Waals surface area contributed by atoms with Crippen molar-refractivity contribution < 1.29 is 9.84 Å². The van der Waals surface area contributed by atoms with Crippen LogP contribution in [0, 0.1) is 17.2 Å². The van der Waals surface area contributed by atoms with Crippen molar-refractivity contribution in [2.75, 3.05) is 11.5 Å². The minimum absolute atomic E-state index is 0.0117. The molecule has 0 aromatic carbocycles. The summed E-state index contributed by atoms with van der Waals surface area (Å²) < 4.78 is 7.50. The quantitative estimate of drug-likeness (QED) is 0.603. The number of piperidine rings is 2. The average molecular weight is 459 g/mol. The van der Waals surface area contributed by atoms with Crippen molar-refractivity contribution >= 4 is 11.3 Å². The Kier molecular flexibility index (Phi) is 4.67. The number of aliphatic hydroxyl groups is 1. The summed E-state index contributed by atoms with van der Waals surface area (Å²) in [5.41, 5.74) is 8.65. The molecule has 3 N–H and O–H groups in total. The molecular formula is C26H30N6O2. The van der Waals surface area contributed by atoms with Crippen molar-refractivity contribution in [3.8, 4) is 22.9 Å². The van der Waals surface area contributed by atoms with Gasteiger partial charge in [-0.1, -0.05) is 0 Å². The van der Waals surface area contributed by atoms with Crippen molar-refractivity contribution in [1.82, 2.24) is 14.6 Å². The van der Waals surface area contributed by atoms with E-state index < -0.39 is 5.60 Å². The predicted molar refractivity (Wildman–Crippen MR) is 128 cm³/mol. The number of fused-ring (bicyclic) bond motifs is 1. The SMILES string of the molecule is CC(C)(O)COc1cc(-c2ccc(N3C4CC5CC3CC(N)(C5)C4)nc2)c2c(C#N)cnn2c1. The summed E-state index contributed by atoms with van der Waals surface area (Å²) in [4.78, 5) is 7.38. The van der Waals surface area contributed by atoms with Gasteiger partial charge in [0.1, 0.15) is 24.2 Å². The van der Waals surface area contributed by atoms with E-state index in [0.717, 1.165) is 35.7 Å². The number of nitrogens with zero attached hydrogens (tertiary/aromatic N) is 5. The maximum atomic E-state index is 10.1. The fraction of sp³-hybridized carbons (Fsp3) is 0.500. The van der Waals surface area contributed by atoms with E-state index in [-0.39, 0.29) is 12.1 Å². The van der Waals surface area contributed by atoms with Gasteiger partial charge in [0.2, 0.25) is 0 Å². The van der Waals surface area contributed by atoms with Crippen LogP contribution in [0.5, 0.6) is 5.75 Å². The first-order chi connectivity index (χ1) is 16.2. The number of ether oxygens (including phenoxy) is 1. The summed E-state index contributed by atoms with van der Waals surface area (Å²) in [6.45, 7) is 3.54. The largest absolute Gasteiger partial charge is 0.489 e. The highest BCUT2D eigenvalue weighted by Gasteiger charge is 2.53. The molecule has 0 spiro atoms. The maximum absolute atomic E-state index is 10.1. The van der Waals surface area contributed by atoms with Crippen LogP contribution in [-0.4, -0.2) is 49.5 Å². The number of nitrogens with two attached hydrogens (primary N) is 1. The summed E-state index contributed by atoms with van der Waals surface area (Å²) in [6.07, 6.45) is 10.9. The number of pyridine rings is 2. The molecule has 8 nitrogen and oxygen atoms in total. The van der Waals surface area contributed by atoms with Crippen molar-refractivity contribution in [2.45, 2.75) is 69.2 Å². The Morgan fingerprint density at radius 1 is 1.24 bits per heavy atom. The number of anilines is 1. The van der Waals surface area contributed by atoms with Crippen LogP contribution in [0.2, 0.25) is 0 Å². The van der Waals surface area contributed by atoms with Crippen molar-refractivity contribution in [3.05, 3.63) is 42.4 Å². The lowest BCUT2D eigenvalue weighted by Crippen LogP contribution is -2.67. The first-order valence-electron chi connectivity index (χ1n) is 12.0. The molecule has 2 atom stereocenters. The van der Waals surface area contributed by atoms with Gasteiger partial charge in [-0.15, -0.1) is 0 Å². The molecular weight excluding hydrogens is 428 g/mol. The Morgan fingerprint density at radius 3 is 2.62 bits per heavy atom. The lowest BCUT2D eigenvalue weighted by molar-refractivity contribution is 0.0283. The van der Waals surface area contributed by atoms with Crippen LogP contribution in [0.25, 0.3) is 16.6 Å². The highest BCUT2D eigenvalue weighted by molar-refractivity contribution is 5.85. The average Bonchev–Trinajstić information content (AvgIpc) is 3.19. The van der Waals surface area contributed by atoms with Crippen LogP contribution >= 0.6 is 0 Å². The zero-order valence-electron chi connectivity index (χ0n) is 19.6. The first-order valence-corrected chi connectivity index (χ1v) is 12.0. The van der Waals surface area contributed by atoms with Crippen LogP contribution in [0.4, 0.5) is 5.82 Å². The van der Waals surface area contributed by atoms with Gasteiger partial charge >= 0.3 is 0 Å². The Labute approximate surface area is 199 Å². The zero-order chi connectivity index (χ0) is 23.7. The maximum Gasteiger partial charge on any atom is 0.138 e. The number of hydrogen-bond acceptors (Lipinski definition) is 7. The molecule has 34 heavy (non-hydrogen) atoms. The van der Waals surface area contributed by atoms with E-state index in [9.17, 15) is 10.4 Å². The number of hydrogen-bond donors (Lipinski definition) is 2. The van der Waals surface area contributed by atoms with Crippen LogP contribution in [0.1, 0.15) is 51.5 Å². The third kappa shape index (κ3) is 3.60. The summed E-state index contributed by atoms with van der Waals surface area (Å²) in [6, 6.07) is 9.22. The van der Waals surface area contributed by atoms with Crippen molar-refractivity contribution in [2.24, 2.45) is 11.7 Å². The van der Waals surface area contributed by atoms with Gasteiger partial charge in [0.15, 0.2) is 0 Å². The van der Waals surface area contributed by atoms with Crippen molar-refractivity contribution in [1.29, 1.82) is 5.26 Å². The third-order valence-electron chi connectivity index (χ3n) is 7.60. The molecule has 2 aliphatic heterocycles. The lowest BCUT2D eigenvalue weighted by atomic mass is 9.60. The molecule has 8 heteroatoms. The fourth-order valence-corrected chi connectivity index (χ4v) is 6.49. The van der Waals surface area contributed by atoms with Gasteiger partial charge in [0.25, 0.3) is 0 Å². The molecule has 3 aromatic heterocycles. The van der Waals surface area contributed by atoms with E-state index in [1.165, 1.54) is 19.3 Å². The second-order valence-electron chi connectivity index (χ2n) is 11.1. The Hall–Kier alpha value is -3.15. The Bertz CT molecular complexity index is 1270. The zero-order valence-corrected chi connectivity index (χ0v) is 19.6. The highest BCUT2D eigenvalue weighted by atomic mass is 16.5. The molecule has 4 fully saturated rings. The molecule has 4 aliphatic rings. The Balaban J connectivity index is 1.35. The Morgan fingerprint density at radius 2 is 2.00 bits per heavy atom. The molecule has 3 aromatic rings. The van der Waals surface area contributed by atoms with E-state index in [1.54, 1.807) is 30.8 Å². The number of aromatic nitrogens is 3. The molecule has 2 saturated heterocycles. The molecule has 7 rings (SSSR count). The van der Waals surface area contributed by atoms with Crippen molar-refractivity contribution in [3.63, 3.8) is 0 Å². The topological polar surface area (TPSA) is 113 Å². The van der Waals surface area contributed by atoms with Gasteiger partial charge in [-0.3, -0.25) is 0 Å². The van der Waals surface area contributed by atoms with Gasteiger partial charge in [-0.25, -0.2) is 9.50 Å². The van der Waals surface area contributed by atoms with Gasteiger partial charge in [-0.2, -0.15) is 10.4 Å². The van der Waals surface area contributed by atoms with Crippen LogP contribution in [-0.2, 0) is 0 Å². The van der Waals surface area contributed by atoms with Crippen LogP contribution < -0.4 is 15.4 Å². The van der Waals surface area contributed by atoms with Gasteiger partial charge in [-0.05, 0) is 70.1 Å². The van der Waals surface area contributed by atoms with E-state index in [2.05, 4.69) is 28.2 Å². The predicted octanol–water partition coefficient (Wildman–Crippen LogP) is 3.27. The van der Waals surface area contributed by atoms with Crippen LogP contribution in [0.15, 0.2) is 36.8 Å². The first kappa shape index (κ1) is 21.4. The molecule has 4 bridgehead atoms. The molecule has 176 valence electrons. The van der Waals surface area contributed by atoms with Gasteiger partial charge in [0.05, 0.1) is 29.1 Å². The number of nitriles is 1. The number of rotatable bonds is 5. The monoisotopic (exact) mass is 458 g/mol. The standard InChI is InChI=1S/C26H30N6O2/c1-25(2,33)15-34-21-7-22(24-18(11-27)13-30-31(24)14-21)17-3-4-23(29-12-17)32-19-5-16-6-20(32)10-26(28,8-16)9-19/h3-4,7,12-14,16,19-20,33H,5-6,8-10,15,28H2,1-2H3. The van der Waals surface area contributed by atoms with Crippen LogP contribution in [0.3, 0.4) is 0 Å². The summed E-state index contributed by atoms with van der Waals surface area (Å²) in [5.74, 6) is 2.32.